The van der Waals surface area contributed by atoms with E-state index in [1.807, 2.05) is 0 Å². The van der Waals surface area contributed by atoms with Gasteiger partial charge in [-0.3, -0.25) is 4.79 Å². The maximum atomic E-state index is 10.5. The fourth-order valence-electron chi connectivity index (χ4n) is 1.26. The molecule has 2 N–H and O–H groups in total. The van der Waals surface area contributed by atoms with E-state index >= 15 is 0 Å². The quantitative estimate of drug-likeness (QED) is 0.665. The van der Waals surface area contributed by atoms with Crippen LogP contribution < -0.4 is 5.32 Å². The van der Waals surface area contributed by atoms with Gasteiger partial charge in [0.2, 0.25) is 0 Å². The van der Waals surface area contributed by atoms with Gasteiger partial charge >= 0.3 is 5.97 Å². The van der Waals surface area contributed by atoms with Crippen LogP contribution in [0.5, 0.6) is 0 Å². The molecule has 0 spiro atoms. The lowest BCUT2D eigenvalue weighted by Crippen LogP contribution is -2.33. The van der Waals surface area contributed by atoms with Crippen LogP contribution in [0, 0.1) is 11.8 Å². The summed E-state index contributed by atoms with van der Waals surface area (Å²) in [6.45, 7) is 8.70. The van der Waals surface area contributed by atoms with Gasteiger partial charge in [-0.25, -0.2) is 0 Å². The van der Waals surface area contributed by atoms with E-state index in [1.165, 1.54) is 0 Å². The van der Waals surface area contributed by atoms with Crippen molar-refractivity contribution in [1.82, 2.24) is 5.32 Å². The first-order valence-electron chi connectivity index (χ1n) is 4.89. The van der Waals surface area contributed by atoms with Gasteiger partial charge in [0, 0.05) is 12.6 Å². The molecule has 0 aliphatic heterocycles. The molecule has 13 heavy (non-hydrogen) atoms. The van der Waals surface area contributed by atoms with Gasteiger partial charge < -0.3 is 10.4 Å². The minimum absolute atomic E-state index is 0.297. The zero-order chi connectivity index (χ0) is 10.4. The van der Waals surface area contributed by atoms with E-state index in [0.29, 0.717) is 18.5 Å². The summed E-state index contributed by atoms with van der Waals surface area (Å²) in [6.07, 6.45) is 1.09. The maximum Gasteiger partial charge on any atom is 0.307 e. The molecule has 0 aromatic rings. The summed E-state index contributed by atoms with van der Waals surface area (Å²) >= 11 is 0. The number of rotatable bonds is 6. The van der Waals surface area contributed by atoms with Gasteiger partial charge in [0.25, 0.3) is 0 Å². The van der Waals surface area contributed by atoms with Crippen molar-refractivity contribution in [2.45, 2.75) is 40.2 Å². The van der Waals surface area contributed by atoms with Crippen LogP contribution in [0.3, 0.4) is 0 Å². The standard InChI is InChI=1S/C10H21NO2/c1-7(2)5-9(4)11-6-8(3)10(12)13/h7-9,11H,5-6H2,1-4H3,(H,12,13). The zero-order valence-electron chi connectivity index (χ0n) is 9.00. The fourth-order valence-corrected chi connectivity index (χ4v) is 1.26. The monoisotopic (exact) mass is 187 g/mol. The molecule has 0 radical (unpaired) electrons. The highest BCUT2D eigenvalue weighted by atomic mass is 16.4. The number of hydrogen-bond donors (Lipinski definition) is 2. The third-order valence-corrected chi connectivity index (χ3v) is 2.02. The molecule has 3 nitrogen and oxygen atoms in total. The molecular weight excluding hydrogens is 166 g/mol. The Labute approximate surface area is 80.5 Å². The molecule has 2 unspecified atom stereocenters. The Balaban J connectivity index is 3.57. The third-order valence-electron chi connectivity index (χ3n) is 2.02. The second kappa shape index (κ2) is 5.97. The van der Waals surface area contributed by atoms with Crippen LogP contribution in [-0.4, -0.2) is 23.7 Å². The number of hydrogen-bond acceptors (Lipinski definition) is 2. The molecule has 0 fully saturated rings. The van der Waals surface area contributed by atoms with Crippen molar-refractivity contribution in [2.24, 2.45) is 11.8 Å². The van der Waals surface area contributed by atoms with Gasteiger partial charge in [-0.05, 0) is 19.3 Å². The topological polar surface area (TPSA) is 49.3 Å². The highest BCUT2D eigenvalue weighted by Gasteiger charge is 2.12. The van der Waals surface area contributed by atoms with Crippen molar-refractivity contribution in [3.8, 4) is 0 Å². The Morgan fingerprint density at radius 2 is 1.85 bits per heavy atom. The second-order valence-electron chi connectivity index (χ2n) is 4.18. The number of carboxylic acid groups (broad SMARTS) is 1. The van der Waals surface area contributed by atoms with Crippen LogP contribution >= 0.6 is 0 Å². The third kappa shape index (κ3) is 6.58. The zero-order valence-corrected chi connectivity index (χ0v) is 9.00. The highest BCUT2D eigenvalue weighted by Crippen LogP contribution is 2.04. The van der Waals surface area contributed by atoms with E-state index in [2.05, 4.69) is 26.1 Å². The lowest BCUT2D eigenvalue weighted by molar-refractivity contribution is -0.140. The van der Waals surface area contributed by atoms with Gasteiger partial charge in [0.05, 0.1) is 5.92 Å². The van der Waals surface area contributed by atoms with Crippen molar-refractivity contribution in [3.63, 3.8) is 0 Å². The predicted octanol–water partition coefficient (Wildman–Crippen LogP) is 1.73. The molecule has 0 saturated carbocycles. The van der Waals surface area contributed by atoms with Gasteiger partial charge in [0.1, 0.15) is 0 Å². The average molecular weight is 187 g/mol. The molecule has 3 heteroatoms. The van der Waals surface area contributed by atoms with E-state index in [0.717, 1.165) is 6.42 Å². The molecule has 0 bridgehead atoms. The minimum atomic E-state index is -0.732. The Kier molecular flexibility index (Phi) is 5.71. The number of carboxylic acids is 1. The summed E-state index contributed by atoms with van der Waals surface area (Å²) in [5, 5.41) is 11.9. The van der Waals surface area contributed by atoms with Gasteiger partial charge in [-0.1, -0.05) is 20.8 Å². The molecule has 0 aromatic heterocycles. The van der Waals surface area contributed by atoms with Crippen LogP contribution in [0.25, 0.3) is 0 Å². The first-order chi connectivity index (χ1) is 5.93. The Morgan fingerprint density at radius 1 is 1.31 bits per heavy atom. The Hall–Kier alpha value is -0.570. The molecule has 0 aromatic carbocycles. The van der Waals surface area contributed by atoms with Gasteiger partial charge in [-0.15, -0.1) is 0 Å². The normalized spacial score (nSPS) is 15.8. The summed E-state index contributed by atoms with van der Waals surface area (Å²) < 4.78 is 0. The van der Waals surface area contributed by atoms with Crippen molar-refractivity contribution < 1.29 is 9.90 Å². The van der Waals surface area contributed by atoms with E-state index in [4.69, 9.17) is 5.11 Å². The Bertz CT molecular complexity index is 157. The molecule has 0 saturated heterocycles. The molecule has 2 atom stereocenters. The lowest BCUT2D eigenvalue weighted by atomic mass is 10.0. The van der Waals surface area contributed by atoms with Crippen LogP contribution in [0.1, 0.15) is 34.1 Å². The smallest absolute Gasteiger partial charge is 0.307 e. The first kappa shape index (κ1) is 12.4. The van der Waals surface area contributed by atoms with E-state index in [-0.39, 0.29) is 5.92 Å². The van der Waals surface area contributed by atoms with E-state index < -0.39 is 5.97 Å². The van der Waals surface area contributed by atoms with Crippen molar-refractivity contribution >= 4 is 5.97 Å². The Morgan fingerprint density at radius 3 is 2.23 bits per heavy atom. The predicted molar refractivity (Wildman–Crippen MR) is 53.7 cm³/mol. The molecular formula is C10H21NO2. The molecule has 78 valence electrons. The summed E-state index contributed by atoms with van der Waals surface area (Å²) in [5.74, 6) is -0.374. The lowest BCUT2D eigenvalue weighted by Gasteiger charge is -2.17. The van der Waals surface area contributed by atoms with Crippen molar-refractivity contribution in [1.29, 1.82) is 0 Å². The maximum absolute atomic E-state index is 10.5. The summed E-state index contributed by atoms with van der Waals surface area (Å²) in [4.78, 5) is 10.5. The van der Waals surface area contributed by atoms with Gasteiger partial charge in [-0.2, -0.15) is 0 Å². The molecule has 0 amide bonds. The molecule has 0 aliphatic rings. The van der Waals surface area contributed by atoms with Crippen LogP contribution in [0.4, 0.5) is 0 Å². The number of carbonyl (C=O) groups is 1. The largest absolute Gasteiger partial charge is 0.481 e. The van der Waals surface area contributed by atoms with Crippen LogP contribution in [-0.2, 0) is 4.79 Å². The van der Waals surface area contributed by atoms with Crippen LogP contribution in [0.15, 0.2) is 0 Å². The van der Waals surface area contributed by atoms with Crippen LogP contribution in [0.2, 0.25) is 0 Å². The molecule has 0 aliphatic carbocycles. The van der Waals surface area contributed by atoms with Crippen molar-refractivity contribution in [2.75, 3.05) is 6.54 Å². The highest BCUT2D eigenvalue weighted by molar-refractivity contribution is 5.69. The molecule has 0 rings (SSSR count). The summed E-state index contributed by atoms with van der Waals surface area (Å²) in [5.41, 5.74) is 0. The number of nitrogens with one attached hydrogen (secondary N) is 1. The summed E-state index contributed by atoms with van der Waals surface area (Å²) in [6, 6.07) is 0.404. The first-order valence-corrected chi connectivity index (χ1v) is 4.89. The average Bonchev–Trinajstić information content (AvgIpc) is 1.98. The van der Waals surface area contributed by atoms with E-state index in [9.17, 15) is 4.79 Å². The fraction of sp³-hybridized carbons (Fsp3) is 0.900. The number of aliphatic carboxylic acids is 1. The molecule has 0 heterocycles. The van der Waals surface area contributed by atoms with E-state index in [1.54, 1.807) is 6.92 Å². The van der Waals surface area contributed by atoms with Gasteiger partial charge in [0.15, 0.2) is 0 Å². The van der Waals surface area contributed by atoms with Crippen molar-refractivity contribution in [3.05, 3.63) is 0 Å². The summed E-state index contributed by atoms with van der Waals surface area (Å²) in [7, 11) is 0. The SMILES string of the molecule is CC(C)CC(C)NCC(C)C(=O)O. The minimum Gasteiger partial charge on any atom is -0.481 e. The second-order valence-corrected chi connectivity index (χ2v) is 4.18.